The largest absolute Gasteiger partial charge is 0.497 e. The van der Waals surface area contributed by atoms with Crippen LogP contribution in [0.3, 0.4) is 0 Å². The van der Waals surface area contributed by atoms with E-state index in [0.29, 0.717) is 29.1 Å². The van der Waals surface area contributed by atoms with Gasteiger partial charge in [-0.25, -0.2) is 4.79 Å². The van der Waals surface area contributed by atoms with E-state index in [-0.39, 0.29) is 28.6 Å². The number of methoxy groups -OCH3 is 1. The number of nitrogens with zero attached hydrogens (tertiary/aromatic N) is 2. The summed E-state index contributed by atoms with van der Waals surface area (Å²) >= 11 is 6.24. The number of hydrogen-bond acceptors (Lipinski definition) is 5. The molecule has 4 rings (SSSR count). The quantitative estimate of drug-likeness (QED) is 0.301. The number of rotatable bonds is 7. The highest BCUT2D eigenvalue weighted by atomic mass is 35.5. The molecule has 1 heterocycles. The van der Waals surface area contributed by atoms with Gasteiger partial charge in [0, 0.05) is 36.0 Å². The Kier molecular flexibility index (Phi) is 7.73. The number of ether oxygens (including phenoxy) is 2. The molecule has 0 aromatic heterocycles. The number of anilines is 2. The molecule has 1 aliphatic rings. The minimum absolute atomic E-state index is 0.0660. The number of halogens is 1. The van der Waals surface area contributed by atoms with Crippen LogP contribution in [0.4, 0.5) is 11.4 Å². The molecule has 0 spiro atoms. The average Bonchev–Trinajstić information content (AvgIpc) is 2.90. The standard InChI is InChI=1S/C29H27ClN2O6/c1-17-15-26(32(19(3)33)21-11-14-24(30)27(16-21)38-18(2)29(35)36)23-7-5-6-8-25(23)31(17)28(34)20-9-12-22(37-4)13-10-20/h5-14,16-17,26H,2,15H2,1,3-4H3,(H,35,36)/t17-,26+/m0/s1. The Bertz CT molecular complexity index is 1400. The highest BCUT2D eigenvalue weighted by molar-refractivity contribution is 6.32. The van der Waals surface area contributed by atoms with Crippen molar-refractivity contribution >= 4 is 40.8 Å². The van der Waals surface area contributed by atoms with Gasteiger partial charge in [0.15, 0.2) is 0 Å². The van der Waals surface area contributed by atoms with Crippen molar-refractivity contribution in [1.82, 2.24) is 0 Å². The maximum absolute atomic E-state index is 13.6. The van der Waals surface area contributed by atoms with Gasteiger partial charge in [0.1, 0.15) is 11.5 Å². The summed E-state index contributed by atoms with van der Waals surface area (Å²) in [6, 6.07) is 18.5. The number of fused-ring (bicyclic) bond motifs is 1. The predicted octanol–water partition coefficient (Wildman–Crippen LogP) is 5.86. The molecular weight excluding hydrogens is 508 g/mol. The second-order valence-corrected chi connectivity index (χ2v) is 9.30. The van der Waals surface area contributed by atoms with Gasteiger partial charge < -0.3 is 24.4 Å². The molecule has 0 unspecified atom stereocenters. The summed E-state index contributed by atoms with van der Waals surface area (Å²) in [6.45, 7) is 6.78. The molecule has 0 bridgehead atoms. The number of para-hydroxylation sites is 1. The Morgan fingerprint density at radius 2 is 1.76 bits per heavy atom. The SMILES string of the molecule is C=C(Oc1cc(N(C(C)=O)[C@@H]2C[C@H](C)N(C(=O)c3ccc(OC)cc3)c3ccccc32)ccc1Cl)C(=O)O. The van der Waals surface area contributed by atoms with Crippen molar-refractivity contribution in [2.45, 2.75) is 32.4 Å². The van der Waals surface area contributed by atoms with E-state index in [9.17, 15) is 14.4 Å². The third-order valence-electron chi connectivity index (χ3n) is 6.43. The fraction of sp³-hybridized carbons (Fsp3) is 0.207. The van der Waals surface area contributed by atoms with Crippen LogP contribution in [0, 0.1) is 0 Å². The van der Waals surface area contributed by atoms with Gasteiger partial charge in [0.05, 0.1) is 18.2 Å². The summed E-state index contributed by atoms with van der Waals surface area (Å²) < 4.78 is 10.6. The van der Waals surface area contributed by atoms with Crippen molar-refractivity contribution in [1.29, 1.82) is 0 Å². The summed E-state index contributed by atoms with van der Waals surface area (Å²) in [6.07, 6.45) is 0.457. The van der Waals surface area contributed by atoms with E-state index in [1.807, 2.05) is 31.2 Å². The van der Waals surface area contributed by atoms with Crippen LogP contribution < -0.4 is 19.3 Å². The molecule has 0 radical (unpaired) electrons. The van der Waals surface area contributed by atoms with Crippen LogP contribution in [0.2, 0.25) is 5.02 Å². The second-order valence-electron chi connectivity index (χ2n) is 8.90. The lowest BCUT2D eigenvalue weighted by molar-refractivity contribution is -0.135. The van der Waals surface area contributed by atoms with Crippen molar-refractivity contribution in [2.75, 3.05) is 16.9 Å². The van der Waals surface area contributed by atoms with Gasteiger partial charge in [0.2, 0.25) is 11.7 Å². The summed E-state index contributed by atoms with van der Waals surface area (Å²) in [5, 5.41) is 9.33. The van der Waals surface area contributed by atoms with E-state index in [4.69, 9.17) is 26.2 Å². The van der Waals surface area contributed by atoms with Gasteiger partial charge >= 0.3 is 5.97 Å². The maximum Gasteiger partial charge on any atom is 0.371 e. The first kappa shape index (κ1) is 26.8. The molecule has 38 heavy (non-hydrogen) atoms. The lowest BCUT2D eigenvalue weighted by Crippen LogP contribution is -2.47. The molecule has 196 valence electrons. The summed E-state index contributed by atoms with van der Waals surface area (Å²) in [5.41, 5.74) is 2.49. The lowest BCUT2D eigenvalue weighted by Gasteiger charge is -2.43. The van der Waals surface area contributed by atoms with Crippen molar-refractivity contribution < 1.29 is 29.0 Å². The topological polar surface area (TPSA) is 96.4 Å². The number of carbonyl (C=O) groups excluding carboxylic acids is 2. The number of hydrogen-bond donors (Lipinski definition) is 1. The van der Waals surface area contributed by atoms with Crippen molar-refractivity contribution in [3.05, 3.63) is 95.2 Å². The maximum atomic E-state index is 13.6. The fourth-order valence-electron chi connectivity index (χ4n) is 4.69. The summed E-state index contributed by atoms with van der Waals surface area (Å²) in [7, 11) is 1.57. The number of aliphatic carboxylic acids is 1. The van der Waals surface area contributed by atoms with E-state index in [1.165, 1.54) is 19.1 Å². The monoisotopic (exact) mass is 534 g/mol. The van der Waals surface area contributed by atoms with Crippen LogP contribution in [-0.2, 0) is 9.59 Å². The zero-order valence-electron chi connectivity index (χ0n) is 21.2. The van der Waals surface area contributed by atoms with Gasteiger partial charge in [0.25, 0.3) is 5.91 Å². The van der Waals surface area contributed by atoms with Crippen molar-refractivity contribution in [3.8, 4) is 11.5 Å². The summed E-state index contributed by atoms with van der Waals surface area (Å²) in [5.74, 6) is -1.50. The predicted molar refractivity (Wildman–Crippen MR) is 145 cm³/mol. The smallest absolute Gasteiger partial charge is 0.371 e. The van der Waals surface area contributed by atoms with E-state index in [1.54, 1.807) is 47.2 Å². The fourth-order valence-corrected chi connectivity index (χ4v) is 4.84. The molecule has 0 saturated carbocycles. The summed E-state index contributed by atoms with van der Waals surface area (Å²) in [4.78, 5) is 41.2. The number of carboxylic acid groups (broad SMARTS) is 1. The Balaban J connectivity index is 1.74. The van der Waals surface area contributed by atoms with Crippen LogP contribution in [0.5, 0.6) is 11.5 Å². The average molecular weight is 535 g/mol. The second kappa shape index (κ2) is 11.0. The molecule has 0 saturated heterocycles. The van der Waals surface area contributed by atoms with Crippen molar-refractivity contribution in [3.63, 3.8) is 0 Å². The Hall–Kier alpha value is -4.30. The van der Waals surface area contributed by atoms with E-state index in [0.717, 1.165) is 5.56 Å². The van der Waals surface area contributed by atoms with Crippen LogP contribution in [0.15, 0.2) is 79.1 Å². The molecule has 9 heteroatoms. The third-order valence-corrected chi connectivity index (χ3v) is 6.74. The van der Waals surface area contributed by atoms with Crippen LogP contribution in [-0.4, -0.2) is 36.0 Å². The Morgan fingerprint density at radius 1 is 1.08 bits per heavy atom. The molecule has 1 aliphatic heterocycles. The third kappa shape index (κ3) is 5.21. The Morgan fingerprint density at radius 3 is 2.39 bits per heavy atom. The highest BCUT2D eigenvalue weighted by Crippen LogP contribution is 2.44. The van der Waals surface area contributed by atoms with Gasteiger partial charge in [-0.1, -0.05) is 29.8 Å². The molecule has 0 fully saturated rings. The molecule has 8 nitrogen and oxygen atoms in total. The zero-order chi connectivity index (χ0) is 27.6. The number of carbonyl (C=O) groups is 3. The molecule has 2 amide bonds. The molecule has 3 aromatic rings. The minimum atomic E-state index is -1.33. The van der Waals surface area contributed by atoms with Crippen molar-refractivity contribution in [2.24, 2.45) is 0 Å². The number of benzene rings is 3. The first-order valence-corrected chi connectivity index (χ1v) is 12.3. The van der Waals surface area contributed by atoms with E-state index >= 15 is 0 Å². The molecular formula is C29H27ClN2O6. The lowest BCUT2D eigenvalue weighted by atomic mass is 9.89. The van der Waals surface area contributed by atoms with Gasteiger partial charge in [-0.3, -0.25) is 9.59 Å². The zero-order valence-corrected chi connectivity index (χ0v) is 21.9. The van der Waals surface area contributed by atoms with Gasteiger partial charge in [-0.05, 0) is 68.0 Å². The first-order valence-electron chi connectivity index (χ1n) is 11.9. The van der Waals surface area contributed by atoms with Crippen LogP contribution in [0.25, 0.3) is 0 Å². The van der Waals surface area contributed by atoms with Crippen LogP contribution in [0.1, 0.15) is 42.2 Å². The highest BCUT2D eigenvalue weighted by Gasteiger charge is 2.38. The normalized spacial score (nSPS) is 16.3. The number of amides is 2. The molecule has 1 N–H and O–H groups in total. The minimum Gasteiger partial charge on any atom is -0.497 e. The van der Waals surface area contributed by atoms with E-state index < -0.39 is 17.8 Å². The Labute approximate surface area is 225 Å². The molecule has 0 aliphatic carbocycles. The first-order chi connectivity index (χ1) is 18.1. The van der Waals surface area contributed by atoms with Gasteiger partial charge in [-0.15, -0.1) is 0 Å². The number of carboxylic acids is 1. The van der Waals surface area contributed by atoms with E-state index in [2.05, 4.69) is 6.58 Å². The molecule has 2 atom stereocenters. The van der Waals surface area contributed by atoms with Crippen LogP contribution >= 0.6 is 11.6 Å². The molecule has 3 aromatic carbocycles. The van der Waals surface area contributed by atoms with Gasteiger partial charge in [-0.2, -0.15) is 0 Å².